The van der Waals surface area contributed by atoms with Crippen molar-refractivity contribution in [2.75, 3.05) is 0 Å². The summed E-state index contributed by atoms with van der Waals surface area (Å²) in [6.45, 7) is 0. The molecule has 0 aliphatic rings. The average Bonchev–Trinajstić information content (AvgIpc) is 1.63. The van der Waals surface area contributed by atoms with Gasteiger partial charge in [-0.25, -0.2) is 29.9 Å². The maximum absolute atomic E-state index is 6.83. The molecule has 0 aliphatic carbocycles. The zero-order valence-electron chi connectivity index (χ0n) is 65.7. The summed E-state index contributed by atoms with van der Waals surface area (Å²) in [7, 11) is 0. The van der Waals surface area contributed by atoms with Crippen LogP contribution in [0, 0.1) is 0 Å². The van der Waals surface area contributed by atoms with Gasteiger partial charge in [-0.3, -0.25) is 0 Å². The maximum atomic E-state index is 6.83. The molecule has 0 unspecified atom stereocenters. The van der Waals surface area contributed by atoms with E-state index in [-0.39, 0.29) is 0 Å². The molecule has 0 aliphatic heterocycles. The smallest absolute Gasteiger partial charge is 0.160 e. The minimum atomic E-state index is 0.598. The first-order valence-corrected chi connectivity index (χ1v) is 42.0. The second-order valence-corrected chi connectivity index (χ2v) is 32.4. The number of furan rings is 4. The van der Waals surface area contributed by atoms with Gasteiger partial charge < -0.3 is 17.7 Å². The van der Waals surface area contributed by atoms with E-state index in [1.807, 2.05) is 102 Å². The third-order valence-electron chi connectivity index (χ3n) is 24.2. The molecule has 0 atom stereocenters. The molecule has 0 N–H and O–H groups in total. The van der Waals surface area contributed by atoms with Gasteiger partial charge in [-0.05, 0) is 114 Å². The van der Waals surface area contributed by atoms with E-state index in [4.69, 9.17) is 47.6 Å². The first-order chi connectivity index (χ1) is 60.9. The van der Waals surface area contributed by atoms with Crippen LogP contribution in [0.15, 0.2) is 406 Å². The number of hydrogen-bond acceptors (Lipinski definition) is 11. The number of benzene rings is 17. The molecule has 26 rings (SSSR count). The normalized spacial score (nSPS) is 11.9. The summed E-state index contributed by atoms with van der Waals surface area (Å²) in [6, 6.07) is 135. The highest BCUT2D eigenvalue weighted by molar-refractivity contribution is 7.26. The van der Waals surface area contributed by atoms with Gasteiger partial charge in [0, 0.05) is 151 Å². The van der Waals surface area contributed by atoms with Crippen LogP contribution in [0.2, 0.25) is 0 Å². The van der Waals surface area contributed by atoms with Crippen LogP contribution < -0.4 is 0 Å². The van der Waals surface area contributed by atoms with Crippen LogP contribution >= 0.6 is 11.3 Å². The van der Waals surface area contributed by atoms with E-state index >= 15 is 0 Å². The molecule has 0 saturated heterocycles. The first-order valence-electron chi connectivity index (χ1n) is 41.2. The van der Waals surface area contributed by atoms with E-state index in [0.717, 1.165) is 216 Å². The Morgan fingerprint density at radius 1 is 0.187 bits per heavy atom. The number of aromatic nitrogens is 6. The minimum absolute atomic E-state index is 0.598. The highest BCUT2D eigenvalue weighted by atomic mass is 32.1. The Bertz CT molecular complexity index is 8690. The fourth-order valence-corrected chi connectivity index (χ4v) is 19.6. The second kappa shape index (κ2) is 28.2. The van der Waals surface area contributed by atoms with Gasteiger partial charge in [-0.15, -0.1) is 11.3 Å². The van der Waals surface area contributed by atoms with Crippen LogP contribution in [0.3, 0.4) is 0 Å². The Kier molecular flexibility index (Phi) is 16.0. The van der Waals surface area contributed by atoms with Gasteiger partial charge in [-0.1, -0.05) is 285 Å². The van der Waals surface area contributed by atoms with E-state index < -0.39 is 0 Å². The number of nitrogens with zero attached hydrogens (tertiary/aromatic N) is 6. The van der Waals surface area contributed by atoms with Gasteiger partial charge in [-0.2, -0.15) is 0 Å². The van der Waals surface area contributed by atoms with Crippen molar-refractivity contribution in [1.82, 2.24) is 29.9 Å². The monoisotopic (exact) mass is 1590 g/mol. The lowest BCUT2D eigenvalue weighted by Crippen LogP contribution is -1.96. The highest BCUT2D eigenvalue weighted by Gasteiger charge is 2.26. The molecular formula is C112H64N6O4S. The number of rotatable bonds is 10. The summed E-state index contributed by atoms with van der Waals surface area (Å²) in [5.41, 5.74) is 26.1. The summed E-state index contributed by atoms with van der Waals surface area (Å²) >= 11 is 1.86. The van der Waals surface area contributed by atoms with Crippen LogP contribution in [0.5, 0.6) is 0 Å². The second-order valence-electron chi connectivity index (χ2n) is 31.4. The summed E-state index contributed by atoms with van der Waals surface area (Å²) in [5.74, 6) is 1.27. The molecule has 9 aromatic heterocycles. The molecule has 0 radical (unpaired) electrons. The van der Waals surface area contributed by atoms with Crippen LogP contribution in [-0.2, 0) is 0 Å². The molecule has 26 aromatic rings. The number of hydrogen-bond donors (Lipinski definition) is 0. The van der Waals surface area contributed by atoms with Gasteiger partial charge in [0.2, 0.25) is 0 Å². The van der Waals surface area contributed by atoms with E-state index in [2.05, 4.69) is 297 Å². The summed E-state index contributed by atoms with van der Waals surface area (Å²) in [4.78, 5) is 31.3. The van der Waals surface area contributed by atoms with Crippen molar-refractivity contribution in [3.05, 3.63) is 388 Å². The molecule has 9 heterocycles. The largest absolute Gasteiger partial charge is 0.456 e. The molecule has 572 valence electrons. The van der Waals surface area contributed by atoms with Crippen molar-refractivity contribution in [2.24, 2.45) is 0 Å². The molecule has 0 spiro atoms. The fourth-order valence-electron chi connectivity index (χ4n) is 18.3. The topological polar surface area (TPSA) is 130 Å². The van der Waals surface area contributed by atoms with Crippen LogP contribution in [-0.4, -0.2) is 29.9 Å². The van der Waals surface area contributed by atoms with Crippen molar-refractivity contribution in [3.63, 3.8) is 0 Å². The lowest BCUT2D eigenvalue weighted by atomic mass is 9.91. The quantitative estimate of drug-likeness (QED) is 0.122. The lowest BCUT2D eigenvalue weighted by Gasteiger charge is -2.15. The van der Waals surface area contributed by atoms with Crippen LogP contribution in [0.1, 0.15) is 0 Å². The van der Waals surface area contributed by atoms with Crippen molar-refractivity contribution >= 4 is 163 Å². The molecule has 17 aromatic carbocycles. The van der Waals surface area contributed by atoms with Crippen LogP contribution in [0.25, 0.3) is 264 Å². The number of pyridine rings is 2. The third kappa shape index (κ3) is 11.7. The van der Waals surface area contributed by atoms with Crippen molar-refractivity contribution < 1.29 is 17.7 Å². The standard InChI is InChI=1S/C59H33N3O3.C53H31N3OS/c1-2-12-36(13-3-1)57-46-32-45(58-56(44-17-7-11-21-52(44)65-58)55(46)43-16-4-8-18-47(43)60-57)34-22-24-35(25-23-34)48-33-49(37-26-28-41-39-14-5-9-19-50(39)63-53(41)30-37)62-59(61-48)38-27-29-42-40-15-6-10-20-51(40)64-54(42)31-38;1-3-13-34(14-4-1)51-42-30-41(52-50(40-19-9-12-22-48(40)58-52)49(42)39-18-7-10-20-43(39)54-51)32-23-25-33(26-24-32)44-31-45(56-53(55-44)35-15-5-2-6-16-35)36-27-28-38-37-17-8-11-21-46(37)57-47(38)29-36/h1-33H;1-31H. The minimum Gasteiger partial charge on any atom is -0.456 e. The summed E-state index contributed by atoms with van der Waals surface area (Å²) < 4.78 is 28.3. The predicted molar refractivity (Wildman–Crippen MR) is 506 cm³/mol. The molecule has 10 nitrogen and oxygen atoms in total. The maximum Gasteiger partial charge on any atom is 0.160 e. The summed E-state index contributed by atoms with van der Waals surface area (Å²) in [5, 5.41) is 18.1. The van der Waals surface area contributed by atoms with E-state index in [1.54, 1.807) is 0 Å². The van der Waals surface area contributed by atoms with Gasteiger partial charge in [0.1, 0.15) is 44.7 Å². The van der Waals surface area contributed by atoms with Gasteiger partial charge >= 0.3 is 0 Å². The molecule has 11 heteroatoms. The zero-order chi connectivity index (χ0) is 80.7. The Hall–Kier alpha value is -16.3. The molecule has 0 fully saturated rings. The first kappa shape index (κ1) is 69.7. The molecule has 0 amide bonds. The predicted octanol–water partition coefficient (Wildman–Crippen LogP) is 31.0. The number of fused-ring (bicyclic) bond motifs is 23. The van der Waals surface area contributed by atoms with E-state index in [1.165, 1.54) is 36.5 Å². The molecular weight excluding hydrogens is 1530 g/mol. The van der Waals surface area contributed by atoms with E-state index in [0.29, 0.717) is 11.6 Å². The van der Waals surface area contributed by atoms with Gasteiger partial charge in [0.25, 0.3) is 0 Å². The van der Waals surface area contributed by atoms with Gasteiger partial charge in [0.05, 0.1) is 45.2 Å². The highest BCUT2D eigenvalue weighted by Crippen LogP contribution is 2.51. The zero-order valence-corrected chi connectivity index (χ0v) is 66.5. The molecule has 0 saturated carbocycles. The number of thiophene rings is 1. The van der Waals surface area contributed by atoms with E-state index in [9.17, 15) is 0 Å². The van der Waals surface area contributed by atoms with Crippen LogP contribution in [0.4, 0.5) is 0 Å². The average molecular weight is 1590 g/mol. The lowest BCUT2D eigenvalue weighted by molar-refractivity contribution is 0.668. The summed E-state index contributed by atoms with van der Waals surface area (Å²) in [6.07, 6.45) is 0. The van der Waals surface area contributed by atoms with Crippen molar-refractivity contribution in [3.8, 4) is 113 Å². The van der Waals surface area contributed by atoms with Crippen molar-refractivity contribution in [1.29, 1.82) is 0 Å². The number of para-hydroxylation sites is 6. The van der Waals surface area contributed by atoms with Gasteiger partial charge in [0.15, 0.2) is 11.6 Å². The Morgan fingerprint density at radius 3 is 1.02 bits per heavy atom. The fraction of sp³-hybridized carbons (Fsp3) is 0. The molecule has 123 heavy (non-hydrogen) atoms. The third-order valence-corrected chi connectivity index (χ3v) is 25.4. The SMILES string of the molecule is c1ccc(-c2nc(-c3ccc(-c4cc5c(-c6ccccc6)nc6ccccc6c5c5c4sc4ccccc45)cc3)cc(-c3ccc4c(c3)oc3ccccc34)n2)cc1.c1ccc(-c2nc3ccccc3c3c2cc(-c2ccc(-c4cc(-c5ccc6c(c5)oc5ccccc56)nc(-c5ccc6c(c5)oc5ccccc56)n4)cc2)c2oc4ccccc4c23)cc1. The van der Waals surface area contributed by atoms with Crippen molar-refractivity contribution in [2.45, 2.75) is 0 Å². The Balaban J connectivity index is 0.000000136. The Morgan fingerprint density at radius 2 is 0.528 bits per heavy atom. The molecule has 0 bridgehead atoms. The Labute approximate surface area is 706 Å².